The molecule has 1 aromatic heterocycles. The van der Waals surface area contributed by atoms with Gasteiger partial charge in [-0.25, -0.2) is 0 Å². The van der Waals surface area contributed by atoms with Gasteiger partial charge in [0.25, 0.3) is 0 Å². The van der Waals surface area contributed by atoms with E-state index in [1.165, 1.54) is 4.88 Å². The minimum atomic E-state index is -0.249. The van der Waals surface area contributed by atoms with Gasteiger partial charge in [-0.2, -0.15) is 0 Å². The van der Waals surface area contributed by atoms with Gasteiger partial charge in [0.2, 0.25) is 0 Å². The largest absolute Gasteiger partial charge is 0.368 e. The highest BCUT2D eigenvalue weighted by Crippen LogP contribution is 2.18. The SMILES string of the molecule is CCc1ccc(CC(=O)C2CNCCO2)s1. The van der Waals surface area contributed by atoms with Gasteiger partial charge in [0.1, 0.15) is 6.10 Å². The number of nitrogens with one attached hydrogen (secondary N) is 1. The molecule has 1 unspecified atom stereocenters. The van der Waals surface area contributed by atoms with Gasteiger partial charge < -0.3 is 10.1 Å². The maximum Gasteiger partial charge on any atom is 0.168 e. The highest BCUT2D eigenvalue weighted by molar-refractivity contribution is 7.12. The first-order chi connectivity index (χ1) is 7.79. The Balaban J connectivity index is 1.90. The van der Waals surface area contributed by atoms with E-state index < -0.39 is 0 Å². The van der Waals surface area contributed by atoms with Gasteiger partial charge in [0, 0.05) is 29.3 Å². The number of ketones is 1. The van der Waals surface area contributed by atoms with Gasteiger partial charge in [-0.1, -0.05) is 6.92 Å². The van der Waals surface area contributed by atoms with Crippen LogP contribution in [0.4, 0.5) is 0 Å². The molecule has 0 amide bonds. The average Bonchev–Trinajstić information content (AvgIpc) is 2.78. The molecule has 1 saturated heterocycles. The van der Waals surface area contributed by atoms with Crippen molar-refractivity contribution in [2.75, 3.05) is 19.7 Å². The Bertz CT molecular complexity index is 356. The fourth-order valence-corrected chi connectivity index (χ4v) is 2.73. The molecule has 0 radical (unpaired) electrons. The minimum absolute atomic E-state index is 0.191. The molecule has 2 rings (SSSR count). The van der Waals surface area contributed by atoms with E-state index in [1.807, 2.05) is 0 Å². The standard InChI is InChI=1S/C12H17NO2S/c1-2-9-3-4-10(16-9)7-11(14)12-8-13-5-6-15-12/h3-4,12-13H,2,5-8H2,1H3. The molecular weight excluding hydrogens is 222 g/mol. The fraction of sp³-hybridized carbons (Fsp3) is 0.583. The first kappa shape index (κ1) is 11.8. The molecule has 1 atom stereocenters. The van der Waals surface area contributed by atoms with Crippen LogP contribution in [0.3, 0.4) is 0 Å². The van der Waals surface area contributed by atoms with E-state index in [0.717, 1.165) is 17.8 Å². The maximum atomic E-state index is 11.9. The lowest BCUT2D eigenvalue weighted by Crippen LogP contribution is -2.43. The average molecular weight is 239 g/mol. The van der Waals surface area contributed by atoms with E-state index in [0.29, 0.717) is 19.6 Å². The van der Waals surface area contributed by atoms with Crippen molar-refractivity contribution in [3.8, 4) is 0 Å². The smallest absolute Gasteiger partial charge is 0.168 e. The third-order valence-electron chi connectivity index (χ3n) is 2.70. The highest BCUT2D eigenvalue weighted by Gasteiger charge is 2.21. The molecule has 1 aliphatic heterocycles. The van der Waals surface area contributed by atoms with Crippen molar-refractivity contribution in [1.82, 2.24) is 5.32 Å². The molecule has 1 aliphatic rings. The molecule has 4 heteroatoms. The second-order valence-corrected chi connectivity index (χ2v) is 5.18. The van der Waals surface area contributed by atoms with Gasteiger partial charge in [0.05, 0.1) is 6.61 Å². The quantitative estimate of drug-likeness (QED) is 0.863. The molecule has 1 fully saturated rings. The second kappa shape index (κ2) is 5.57. The van der Waals surface area contributed by atoms with Gasteiger partial charge in [-0.05, 0) is 18.6 Å². The van der Waals surface area contributed by atoms with Crippen LogP contribution in [0.15, 0.2) is 12.1 Å². The number of Topliss-reactive ketones (excluding diaryl/α,β-unsaturated/α-hetero) is 1. The molecule has 0 saturated carbocycles. The van der Waals surface area contributed by atoms with Crippen LogP contribution in [0.1, 0.15) is 16.7 Å². The summed E-state index contributed by atoms with van der Waals surface area (Å²) in [5, 5.41) is 3.18. The first-order valence-electron chi connectivity index (χ1n) is 5.72. The third-order valence-corrected chi connectivity index (χ3v) is 3.93. The lowest BCUT2D eigenvalue weighted by atomic mass is 10.1. The summed E-state index contributed by atoms with van der Waals surface area (Å²) >= 11 is 1.73. The Morgan fingerprint density at radius 1 is 1.56 bits per heavy atom. The molecule has 2 heterocycles. The Hall–Kier alpha value is -0.710. The Morgan fingerprint density at radius 3 is 3.00 bits per heavy atom. The molecule has 0 aliphatic carbocycles. The third kappa shape index (κ3) is 2.90. The lowest BCUT2D eigenvalue weighted by molar-refractivity contribution is -0.131. The van der Waals surface area contributed by atoms with E-state index in [9.17, 15) is 4.79 Å². The number of carbonyl (C=O) groups is 1. The first-order valence-corrected chi connectivity index (χ1v) is 6.54. The molecule has 1 aromatic rings. The van der Waals surface area contributed by atoms with E-state index in [1.54, 1.807) is 11.3 Å². The summed E-state index contributed by atoms with van der Waals surface area (Å²) in [6.45, 7) is 4.28. The monoisotopic (exact) mass is 239 g/mol. The molecule has 3 nitrogen and oxygen atoms in total. The van der Waals surface area contributed by atoms with Crippen molar-refractivity contribution in [3.63, 3.8) is 0 Å². The van der Waals surface area contributed by atoms with Crippen LogP contribution in [-0.4, -0.2) is 31.6 Å². The van der Waals surface area contributed by atoms with Crippen molar-refractivity contribution in [2.24, 2.45) is 0 Å². The summed E-state index contributed by atoms with van der Waals surface area (Å²) in [6, 6.07) is 4.16. The van der Waals surface area contributed by atoms with E-state index in [4.69, 9.17) is 4.74 Å². The van der Waals surface area contributed by atoms with Crippen molar-refractivity contribution >= 4 is 17.1 Å². The summed E-state index contributed by atoms with van der Waals surface area (Å²) in [7, 11) is 0. The van der Waals surface area contributed by atoms with Gasteiger partial charge in [-0.15, -0.1) is 11.3 Å². The van der Waals surface area contributed by atoms with Crippen LogP contribution >= 0.6 is 11.3 Å². The summed E-state index contributed by atoms with van der Waals surface area (Å²) < 4.78 is 5.44. The molecular formula is C12H17NO2S. The molecule has 1 N–H and O–H groups in total. The number of ether oxygens (including phenoxy) is 1. The van der Waals surface area contributed by atoms with Gasteiger partial charge >= 0.3 is 0 Å². The molecule has 0 bridgehead atoms. The second-order valence-electron chi connectivity index (χ2n) is 3.93. The number of morpholine rings is 1. The van der Waals surface area contributed by atoms with E-state index in [-0.39, 0.29) is 11.9 Å². The zero-order chi connectivity index (χ0) is 11.4. The normalized spacial score (nSPS) is 20.9. The van der Waals surface area contributed by atoms with E-state index in [2.05, 4.69) is 24.4 Å². The summed E-state index contributed by atoms with van der Waals surface area (Å²) in [4.78, 5) is 14.4. The van der Waals surface area contributed by atoms with Gasteiger partial charge in [-0.3, -0.25) is 4.79 Å². The van der Waals surface area contributed by atoms with Crippen LogP contribution in [0.25, 0.3) is 0 Å². The predicted molar refractivity (Wildman–Crippen MR) is 65.0 cm³/mol. The molecule has 16 heavy (non-hydrogen) atoms. The van der Waals surface area contributed by atoms with Crippen LogP contribution in [-0.2, 0) is 22.4 Å². The molecule has 88 valence electrons. The number of thiophene rings is 1. The Labute approximate surface area is 99.8 Å². The van der Waals surface area contributed by atoms with Crippen molar-refractivity contribution in [1.29, 1.82) is 0 Å². The number of hydrogen-bond donors (Lipinski definition) is 1. The Morgan fingerprint density at radius 2 is 2.38 bits per heavy atom. The topological polar surface area (TPSA) is 38.3 Å². The fourth-order valence-electron chi connectivity index (χ4n) is 1.77. The maximum absolute atomic E-state index is 11.9. The van der Waals surface area contributed by atoms with Gasteiger partial charge in [0.15, 0.2) is 5.78 Å². The number of aryl methyl sites for hydroxylation is 1. The van der Waals surface area contributed by atoms with Crippen LogP contribution in [0, 0.1) is 0 Å². The minimum Gasteiger partial charge on any atom is -0.368 e. The highest BCUT2D eigenvalue weighted by atomic mass is 32.1. The predicted octanol–water partition coefficient (Wildman–Crippen LogP) is 1.41. The summed E-state index contributed by atoms with van der Waals surface area (Å²) in [5.41, 5.74) is 0. The van der Waals surface area contributed by atoms with Crippen molar-refractivity contribution in [2.45, 2.75) is 25.9 Å². The van der Waals surface area contributed by atoms with E-state index >= 15 is 0 Å². The van der Waals surface area contributed by atoms with Crippen molar-refractivity contribution in [3.05, 3.63) is 21.9 Å². The summed E-state index contributed by atoms with van der Waals surface area (Å²) in [5.74, 6) is 0.191. The number of rotatable bonds is 4. The molecule has 0 spiro atoms. The van der Waals surface area contributed by atoms with Crippen LogP contribution < -0.4 is 5.32 Å². The number of carbonyl (C=O) groups excluding carboxylic acids is 1. The number of hydrogen-bond acceptors (Lipinski definition) is 4. The lowest BCUT2D eigenvalue weighted by Gasteiger charge is -2.22. The van der Waals surface area contributed by atoms with Crippen LogP contribution in [0.5, 0.6) is 0 Å². The zero-order valence-corrected chi connectivity index (χ0v) is 10.3. The van der Waals surface area contributed by atoms with Crippen LogP contribution in [0.2, 0.25) is 0 Å². The summed E-state index contributed by atoms with van der Waals surface area (Å²) in [6.07, 6.45) is 1.30. The Kier molecular flexibility index (Phi) is 4.09. The molecule has 0 aromatic carbocycles. The van der Waals surface area contributed by atoms with Crippen molar-refractivity contribution < 1.29 is 9.53 Å². The zero-order valence-electron chi connectivity index (χ0n) is 9.49.